The van der Waals surface area contributed by atoms with Gasteiger partial charge in [0.2, 0.25) is 5.91 Å². The second kappa shape index (κ2) is 6.36. The summed E-state index contributed by atoms with van der Waals surface area (Å²) in [6.07, 6.45) is 7.36. The highest BCUT2D eigenvalue weighted by molar-refractivity contribution is 5.76. The smallest absolute Gasteiger partial charge is 0.220 e. The molecule has 1 amide bonds. The van der Waals surface area contributed by atoms with E-state index in [1.165, 1.54) is 0 Å². The highest BCUT2D eigenvalue weighted by Gasteiger charge is 2.25. The Labute approximate surface area is 103 Å². The minimum absolute atomic E-state index is 0.0271. The molecule has 2 fully saturated rings. The fraction of sp³-hybridized carbons (Fsp3) is 0.923. The first-order valence-electron chi connectivity index (χ1n) is 6.85. The predicted molar refractivity (Wildman–Crippen MR) is 64.6 cm³/mol. The van der Waals surface area contributed by atoms with Crippen LogP contribution in [0.3, 0.4) is 0 Å². The number of aliphatic hydroxyl groups excluding tert-OH is 1. The molecule has 0 aromatic rings. The molecule has 1 aliphatic heterocycles. The minimum atomic E-state index is -0.351. The Kier molecular flexibility index (Phi) is 4.80. The van der Waals surface area contributed by atoms with Crippen LogP contribution in [-0.4, -0.2) is 35.9 Å². The Morgan fingerprint density at radius 3 is 2.76 bits per heavy atom. The molecule has 0 spiro atoms. The maximum absolute atomic E-state index is 11.7. The van der Waals surface area contributed by atoms with Crippen molar-refractivity contribution in [1.82, 2.24) is 5.32 Å². The topological polar surface area (TPSA) is 58.6 Å². The van der Waals surface area contributed by atoms with Crippen LogP contribution >= 0.6 is 0 Å². The zero-order valence-corrected chi connectivity index (χ0v) is 10.4. The molecule has 2 aliphatic rings. The van der Waals surface area contributed by atoms with Crippen LogP contribution in [0, 0.1) is 0 Å². The summed E-state index contributed by atoms with van der Waals surface area (Å²) in [4.78, 5) is 11.7. The molecule has 3 atom stereocenters. The van der Waals surface area contributed by atoms with Gasteiger partial charge < -0.3 is 15.2 Å². The van der Waals surface area contributed by atoms with Gasteiger partial charge in [-0.25, -0.2) is 0 Å². The van der Waals surface area contributed by atoms with Crippen molar-refractivity contribution in [3.05, 3.63) is 0 Å². The highest BCUT2D eigenvalue weighted by Crippen LogP contribution is 2.19. The van der Waals surface area contributed by atoms with Gasteiger partial charge in [0.1, 0.15) is 0 Å². The van der Waals surface area contributed by atoms with Crippen LogP contribution in [-0.2, 0) is 9.53 Å². The molecule has 1 heterocycles. The lowest BCUT2D eigenvalue weighted by atomic mass is 9.92. The molecule has 2 N–H and O–H groups in total. The van der Waals surface area contributed by atoms with E-state index in [0.717, 1.165) is 51.6 Å². The van der Waals surface area contributed by atoms with Crippen LogP contribution in [0.2, 0.25) is 0 Å². The van der Waals surface area contributed by atoms with Crippen LogP contribution in [0.15, 0.2) is 0 Å². The Balaban J connectivity index is 1.65. The maximum atomic E-state index is 11.7. The van der Waals surface area contributed by atoms with Gasteiger partial charge in [0.05, 0.1) is 18.2 Å². The summed E-state index contributed by atoms with van der Waals surface area (Å²) in [6, 6.07) is -0.0271. The van der Waals surface area contributed by atoms with E-state index in [1.807, 2.05) is 0 Å². The van der Waals surface area contributed by atoms with Crippen molar-refractivity contribution in [2.75, 3.05) is 6.61 Å². The Hall–Kier alpha value is -0.610. The molecule has 4 heteroatoms. The first kappa shape index (κ1) is 12.8. The second-order valence-corrected chi connectivity index (χ2v) is 5.20. The van der Waals surface area contributed by atoms with Crippen molar-refractivity contribution in [3.8, 4) is 0 Å². The van der Waals surface area contributed by atoms with Crippen LogP contribution in [0.25, 0.3) is 0 Å². The summed E-state index contributed by atoms with van der Waals surface area (Å²) in [7, 11) is 0. The third-order valence-electron chi connectivity index (χ3n) is 3.79. The van der Waals surface area contributed by atoms with E-state index >= 15 is 0 Å². The Bertz CT molecular complexity index is 251. The third kappa shape index (κ3) is 3.96. The van der Waals surface area contributed by atoms with Gasteiger partial charge in [-0.1, -0.05) is 12.8 Å². The number of aliphatic hydroxyl groups is 1. The molecule has 1 saturated heterocycles. The van der Waals surface area contributed by atoms with Gasteiger partial charge in [-0.2, -0.15) is 0 Å². The van der Waals surface area contributed by atoms with E-state index in [-0.39, 0.29) is 24.2 Å². The van der Waals surface area contributed by atoms with Crippen molar-refractivity contribution >= 4 is 5.91 Å². The van der Waals surface area contributed by atoms with Crippen molar-refractivity contribution in [2.24, 2.45) is 0 Å². The quantitative estimate of drug-likeness (QED) is 0.781. The average molecular weight is 241 g/mol. The first-order chi connectivity index (χ1) is 8.25. The number of carbonyl (C=O) groups excluding carboxylic acids is 1. The number of hydrogen-bond donors (Lipinski definition) is 2. The van der Waals surface area contributed by atoms with Gasteiger partial charge in [0, 0.05) is 13.0 Å². The molecule has 4 nitrogen and oxygen atoms in total. The van der Waals surface area contributed by atoms with Crippen molar-refractivity contribution in [1.29, 1.82) is 0 Å². The standard InChI is InChI=1S/C13H23NO3/c15-12-6-2-1-5-11(12)14-13(16)8-7-10-4-3-9-17-10/h10-12,15H,1-9H2,(H,14,16). The van der Waals surface area contributed by atoms with Gasteiger partial charge in [-0.05, 0) is 32.1 Å². The Morgan fingerprint density at radius 1 is 1.24 bits per heavy atom. The van der Waals surface area contributed by atoms with Gasteiger partial charge >= 0.3 is 0 Å². The summed E-state index contributed by atoms with van der Waals surface area (Å²) < 4.78 is 5.49. The largest absolute Gasteiger partial charge is 0.391 e. The Morgan fingerprint density at radius 2 is 2.06 bits per heavy atom. The molecule has 1 saturated carbocycles. The number of rotatable bonds is 4. The monoisotopic (exact) mass is 241 g/mol. The van der Waals surface area contributed by atoms with E-state index in [9.17, 15) is 9.90 Å². The van der Waals surface area contributed by atoms with Crippen LogP contribution in [0.5, 0.6) is 0 Å². The van der Waals surface area contributed by atoms with Crippen LogP contribution in [0.1, 0.15) is 51.4 Å². The fourth-order valence-electron chi connectivity index (χ4n) is 2.72. The van der Waals surface area contributed by atoms with Gasteiger partial charge in [-0.15, -0.1) is 0 Å². The summed E-state index contributed by atoms with van der Waals surface area (Å²) in [5.41, 5.74) is 0. The summed E-state index contributed by atoms with van der Waals surface area (Å²) in [5, 5.41) is 12.7. The van der Waals surface area contributed by atoms with Gasteiger partial charge in [0.25, 0.3) is 0 Å². The molecule has 1 aliphatic carbocycles. The van der Waals surface area contributed by atoms with E-state index < -0.39 is 0 Å². The molecule has 0 aromatic carbocycles. The zero-order valence-electron chi connectivity index (χ0n) is 10.4. The molecule has 3 unspecified atom stereocenters. The summed E-state index contributed by atoms with van der Waals surface area (Å²) >= 11 is 0. The number of hydrogen-bond acceptors (Lipinski definition) is 3. The molecule has 0 radical (unpaired) electrons. The van der Waals surface area contributed by atoms with Crippen molar-refractivity contribution in [2.45, 2.75) is 69.6 Å². The normalized spacial score (nSPS) is 33.6. The number of carbonyl (C=O) groups is 1. The molecule has 17 heavy (non-hydrogen) atoms. The molecule has 0 bridgehead atoms. The second-order valence-electron chi connectivity index (χ2n) is 5.20. The SMILES string of the molecule is O=C(CCC1CCCO1)NC1CCCCC1O. The lowest BCUT2D eigenvalue weighted by Gasteiger charge is -2.28. The third-order valence-corrected chi connectivity index (χ3v) is 3.79. The lowest BCUT2D eigenvalue weighted by molar-refractivity contribution is -0.123. The minimum Gasteiger partial charge on any atom is -0.391 e. The summed E-state index contributed by atoms with van der Waals surface area (Å²) in [5.74, 6) is 0.0615. The van der Waals surface area contributed by atoms with Gasteiger partial charge in [-0.3, -0.25) is 4.79 Å². The molecule has 0 aromatic heterocycles. The number of amides is 1. The highest BCUT2D eigenvalue weighted by atomic mass is 16.5. The average Bonchev–Trinajstić information content (AvgIpc) is 2.82. The summed E-state index contributed by atoms with van der Waals surface area (Å²) in [6.45, 7) is 0.841. The predicted octanol–water partition coefficient (Wildman–Crippen LogP) is 1.37. The molecule has 98 valence electrons. The number of nitrogens with one attached hydrogen (secondary N) is 1. The fourth-order valence-corrected chi connectivity index (χ4v) is 2.72. The molecular weight excluding hydrogens is 218 g/mol. The van der Waals surface area contributed by atoms with E-state index in [2.05, 4.69) is 5.32 Å². The van der Waals surface area contributed by atoms with Crippen LogP contribution < -0.4 is 5.32 Å². The van der Waals surface area contributed by atoms with E-state index in [0.29, 0.717) is 6.42 Å². The first-order valence-corrected chi connectivity index (χ1v) is 6.85. The maximum Gasteiger partial charge on any atom is 0.220 e. The van der Waals surface area contributed by atoms with E-state index in [4.69, 9.17) is 4.74 Å². The van der Waals surface area contributed by atoms with Crippen molar-refractivity contribution in [3.63, 3.8) is 0 Å². The molecule has 2 rings (SSSR count). The molecular formula is C13H23NO3. The lowest BCUT2D eigenvalue weighted by Crippen LogP contribution is -2.45. The number of ether oxygens (including phenoxy) is 1. The van der Waals surface area contributed by atoms with Gasteiger partial charge in [0.15, 0.2) is 0 Å². The van der Waals surface area contributed by atoms with E-state index in [1.54, 1.807) is 0 Å². The van der Waals surface area contributed by atoms with Crippen molar-refractivity contribution < 1.29 is 14.6 Å². The zero-order chi connectivity index (χ0) is 12.1. The van der Waals surface area contributed by atoms with Crippen LogP contribution in [0.4, 0.5) is 0 Å².